The molecule has 1 amide bonds. The van der Waals surface area contributed by atoms with Crippen LogP contribution >= 0.6 is 11.6 Å². The van der Waals surface area contributed by atoms with Crippen LogP contribution < -0.4 is 5.73 Å². The zero-order valence-electron chi connectivity index (χ0n) is 9.92. The molecule has 1 aliphatic rings. The number of carbonyl (C=O) groups excluding carboxylic acids is 1. The second-order valence-electron chi connectivity index (χ2n) is 4.41. The Morgan fingerprint density at radius 2 is 2.17 bits per heavy atom. The van der Waals surface area contributed by atoms with E-state index in [1.54, 1.807) is 11.0 Å². The highest BCUT2D eigenvalue weighted by atomic mass is 35.5. The van der Waals surface area contributed by atoms with Gasteiger partial charge < -0.3 is 15.7 Å². The quantitative estimate of drug-likeness (QED) is 0.793. The van der Waals surface area contributed by atoms with E-state index < -0.39 is 12.1 Å². The van der Waals surface area contributed by atoms with Gasteiger partial charge in [0.05, 0.1) is 0 Å². The number of nitrogens with zero attached hydrogens (tertiary/aromatic N) is 2. The van der Waals surface area contributed by atoms with Crippen LogP contribution in [0, 0.1) is 0 Å². The Balaban J connectivity index is 2.08. The summed E-state index contributed by atoms with van der Waals surface area (Å²) in [5.74, 6) is -0.215. The van der Waals surface area contributed by atoms with Gasteiger partial charge in [0, 0.05) is 19.3 Å². The Morgan fingerprint density at radius 3 is 2.78 bits per heavy atom. The Labute approximate surface area is 111 Å². The maximum atomic E-state index is 12.0. The van der Waals surface area contributed by atoms with Gasteiger partial charge >= 0.3 is 0 Å². The summed E-state index contributed by atoms with van der Waals surface area (Å²) in [6.07, 6.45) is 2.41. The van der Waals surface area contributed by atoms with Crippen molar-refractivity contribution in [3.63, 3.8) is 0 Å². The lowest BCUT2D eigenvalue weighted by Crippen LogP contribution is -2.45. The molecule has 2 heterocycles. The summed E-state index contributed by atoms with van der Waals surface area (Å²) in [7, 11) is 0. The summed E-state index contributed by atoms with van der Waals surface area (Å²) < 4.78 is 0. The second-order valence-corrected chi connectivity index (χ2v) is 4.80. The maximum absolute atomic E-state index is 12.0. The van der Waals surface area contributed by atoms with Crippen LogP contribution in [0.2, 0.25) is 5.15 Å². The number of rotatable bonds is 3. The highest BCUT2D eigenvalue weighted by Gasteiger charge is 2.29. The van der Waals surface area contributed by atoms with E-state index in [2.05, 4.69) is 4.98 Å². The molecule has 1 saturated heterocycles. The Hall–Kier alpha value is -1.17. The van der Waals surface area contributed by atoms with Gasteiger partial charge in [0.1, 0.15) is 17.3 Å². The minimum atomic E-state index is -1.06. The summed E-state index contributed by atoms with van der Waals surface area (Å²) in [5.41, 5.74) is 6.33. The lowest BCUT2D eigenvalue weighted by atomic mass is 10.0. The van der Waals surface area contributed by atoms with Crippen molar-refractivity contribution in [1.82, 2.24) is 9.88 Å². The number of nitrogens with two attached hydrogens (primary N) is 1. The number of aliphatic hydroxyl groups excluding tert-OH is 1. The van der Waals surface area contributed by atoms with Crippen molar-refractivity contribution in [3.05, 3.63) is 29.0 Å². The van der Waals surface area contributed by atoms with Crippen molar-refractivity contribution in [2.75, 3.05) is 13.1 Å². The average Bonchev–Trinajstić information content (AvgIpc) is 2.90. The molecule has 6 heteroatoms. The third-order valence-electron chi connectivity index (χ3n) is 3.14. The number of hydrogen-bond donors (Lipinski definition) is 2. The number of amides is 1. The first-order valence-electron chi connectivity index (χ1n) is 5.93. The third-order valence-corrected chi connectivity index (χ3v) is 3.34. The topological polar surface area (TPSA) is 79.5 Å². The molecule has 5 nitrogen and oxygen atoms in total. The van der Waals surface area contributed by atoms with E-state index in [-0.39, 0.29) is 11.1 Å². The normalized spacial score (nSPS) is 18.7. The molecule has 0 spiro atoms. The molecule has 0 aromatic carbocycles. The van der Waals surface area contributed by atoms with Crippen molar-refractivity contribution in [1.29, 1.82) is 0 Å². The van der Waals surface area contributed by atoms with Gasteiger partial charge in [-0.05, 0) is 30.5 Å². The molecule has 0 bridgehead atoms. The number of carbonyl (C=O) groups is 1. The van der Waals surface area contributed by atoms with E-state index in [1.165, 1.54) is 12.3 Å². The zero-order valence-corrected chi connectivity index (χ0v) is 10.7. The van der Waals surface area contributed by atoms with Crippen LogP contribution in [0.3, 0.4) is 0 Å². The van der Waals surface area contributed by atoms with Gasteiger partial charge in [0.2, 0.25) is 5.91 Å². The molecule has 0 aliphatic carbocycles. The van der Waals surface area contributed by atoms with E-state index in [0.717, 1.165) is 25.9 Å². The molecule has 0 unspecified atom stereocenters. The molecule has 0 saturated carbocycles. The number of hydrogen-bond acceptors (Lipinski definition) is 4. The average molecular weight is 270 g/mol. The van der Waals surface area contributed by atoms with Crippen molar-refractivity contribution in [2.45, 2.75) is 25.0 Å². The van der Waals surface area contributed by atoms with Crippen molar-refractivity contribution in [3.8, 4) is 0 Å². The first kappa shape index (κ1) is 13.3. The minimum absolute atomic E-state index is 0.215. The van der Waals surface area contributed by atoms with Gasteiger partial charge in [-0.25, -0.2) is 4.98 Å². The van der Waals surface area contributed by atoms with Gasteiger partial charge in [-0.2, -0.15) is 0 Å². The minimum Gasteiger partial charge on any atom is -0.386 e. The van der Waals surface area contributed by atoms with Crippen LogP contribution in [-0.4, -0.2) is 40.0 Å². The fourth-order valence-corrected chi connectivity index (χ4v) is 2.27. The van der Waals surface area contributed by atoms with Gasteiger partial charge in [-0.1, -0.05) is 11.6 Å². The van der Waals surface area contributed by atoms with Crippen molar-refractivity contribution in [2.24, 2.45) is 5.73 Å². The molecule has 1 aromatic rings. The number of pyridine rings is 1. The van der Waals surface area contributed by atoms with Gasteiger partial charge in [-0.3, -0.25) is 4.79 Å². The summed E-state index contributed by atoms with van der Waals surface area (Å²) in [5, 5.41) is 10.4. The fourth-order valence-electron chi connectivity index (χ4n) is 2.09. The molecule has 0 radical (unpaired) electrons. The molecule has 2 atom stereocenters. The van der Waals surface area contributed by atoms with Crippen LogP contribution in [0.1, 0.15) is 24.5 Å². The molecule has 2 rings (SSSR count). The molecule has 1 fully saturated rings. The van der Waals surface area contributed by atoms with E-state index in [0.29, 0.717) is 5.56 Å². The molecule has 98 valence electrons. The van der Waals surface area contributed by atoms with Gasteiger partial charge in [0.25, 0.3) is 0 Å². The van der Waals surface area contributed by atoms with Crippen LogP contribution in [0.5, 0.6) is 0 Å². The molecule has 18 heavy (non-hydrogen) atoms. The SMILES string of the molecule is N[C@@H](C(=O)N1CCCC1)[C@@H](O)c1ccnc(Cl)c1. The molecule has 1 aromatic heterocycles. The zero-order chi connectivity index (χ0) is 13.1. The predicted octanol–water partition coefficient (Wildman–Crippen LogP) is 0.718. The maximum Gasteiger partial charge on any atom is 0.242 e. The van der Waals surface area contributed by atoms with Gasteiger partial charge in [0.15, 0.2) is 0 Å². The summed E-state index contributed by atoms with van der Waals surface area (Å²) in [6, 6.07) is 2.17. The lowest BCUT2D eigenvalue weighted by molar-refractivity contribution is -0.134. The number of likely N-dealkylation sites (tertiary alicyclic amines) is 1. The monoisotopic (exact) mass is 269 g/mol. The lowest BCUT2D eigenvalue weighted by Gasteiger charge is -2.24. The number of halogens is 1. The van der Waals surface area contributed by atoms with Crippen molar-refractivity contribution < 1.29 is 9.90 Å². The van der Waals surface area contributed by atoms with Crippen molar-refractivity contribution >= 4 is 17.5 Å². The second kappa shape index (κ2) is 5.65. The van der Waals surface area contributed by atoms with E-state index >= 15 is 0 Å². The summed E-state index contributed by atoms with van der Waals surface area (Å²) >= 11 is 5.74. The molecular formula is C12H16ClN3O2. The van der Waals surface area contributed by atoms with Crippen LogP contribution in [-0.2, 0) is 4.79 Å². The third kappa shape index (κ3) is 2.80. The smallest absolute Gasteiger partial charge is 0.242 e. The van der Waals surface area contributed by atoms with Crippen LogP contribution in [0.25, 0.3) is 0 Å². The predicted molar refractivity (Wildman–Crippen MR) is 68.0 cm³/mol. The van der Waals surface area contributed by atoms with Gasteiger partial charge in [-0.15, -0.1) is 0 Å². The van der Waals surface area contributed by atoms with Crippen LogP contribution in [0.15, 0.2) is 18.3 Å². The Morgan fingerprint density at radius 1 is 1.50 bits per heavy atom. The highest BCUT2D eigenvalue weighted by Crippen LogP contribution is 2.20. The largest absolute Gasteiger partial charge is 0.386 e. The Kier molecular flexibility index (Phi) is 4.16. The number of aromatic nitrogens is 1. The molecule has 1 aliphatic heterocycles. The standard InChI is InChI=1S/C12H16ClN3O2/c13-9-7-8(3-4-15-9)11(17)10(14)12(18)16-5-1-2-6-16/h3-4,7,10-11,17H,1-2,5-6,14H2/t10-,11+/m1/s1. The first-order valence-corrected chi connectivity index (χ1v) is 6.31. The van der Waals surface area contributed by atoms with E-state index in [9.17, 15) is 9.90 Å². The highest BCUT2D eigenvalue weighted by molar-refractivity contribution is 6.29. The molecule has 3 N–H and O–H groups in total. The fraction of sp³-hybridized carbons (Fsp3) is 0.500. The number of aliphatic hydroxyl groups is 1. The molecular weight excluding hydrogens is 254 g/mol. The van der Waals surface area contributed by atoms with E-state index in [4.69, 9.17) is 17.3 Å². The van der Waals surface area contributed by atoms with Crippen LogP contribution in [0.4, 0.5) is 0 Å². The Bertz CT molecular complexity index is 435. The first-order chi connectivity index (χ1) is 8.59. The summed E-state index contributed by atoms with van der Waals surface area (Å²) in [4.78, 5) is 17.6. The summed E-state index contributed by atoms with van der Waals surface area (Å²) in [6.45, 7) is 1.44. The van der Waals surface area contributed by atoms with E-state index in [1.807, 2.05) is 0 Å².